The standard InChI is InChI=1S/C48H66ClNO7/c1-27(2)38-33(51)23-47(24-37(52)50-48(25-56-26-48)28-10-12-29(49)13-11-28)21-20-45(8)30(39(38)47)14-15-35-44(7)18-17-36(43(5,6)34(44)16-19-46(35,45)9)57-41(55)32-22-31(40(53)54)42(32,3)4/h10-13,27,30-32,34-36H,14-26H2,1-9H3,(H,50,52)(H,53,54)/t30-,31+,32-,34+,35-,36+,44+,45-,46-,47+/m1/s1. The number of nitrogens with one attached hydrogen (secondary N) is 1. The Morgan fingerprint density at radius 1 is 0.860 bits per heavy atom. The van der Waals surface area contributed by atoms with E-state index in [1.165, 1.54) is 5.57 Å². The maximum absolute atomic E-state index is 14.3. The van der Waals surface area contributed by atoms with E-state index >= 15 is 0 Å². The number of hydrogen-bond acceptors (Lipinski definition) is 6. The molecule has 0 unspecified atom stereocenters. The molecule has 0 spiro atoms. The van der Waals surface area contributed by atoms with Crippen molar-refractivity contribution < 1.29 is 33.8 Å². The summed E-state index contributed by atoms with van der Waals surface area (Å²) in [4.78, 5) is 54.0. The molecule has 0 radical (unpaired) electrons. The van der Waals surface area contributed by atoms with Gasteiger partial charge in [-0.1, -0.05) is 91.6 Å². The second-order valence-electron chi connectivity index (χ2n) is 22.1. The van der Waals surface area contributed by atoms with Crippen LogP contribution in [0.15, 0.2) is 35.4 Å². The third kappa shape index (κ3) is 5.81. The first-order valence-electron chi connectivity index (χ1n) is 21.9. The molecule has 57 heavy (non-hydrogen) atoms. The average molecular weight is 805 g/mol. The number of hydrogen-bond donors (Lipinski definition) is 2. The molecule has 5 saturated carbocycles. The van der Waals surface area contributed by atoms with Crippen LogP contribution in [0.2, 0.25) is 5.02 Å². The highest BCUT2D eigenvalue weighted by molar-refractivity contribution is 6.30. The van der Waals surface area contributed by atoms with Gasteiger partial charge in [0, 0.05) is 28.7 Å². The SMILES string of the molecule is CC(C)C1=C2[C@H]3CC[C@@H]4[C@@]5(C)CC[C@H](OC(=O)[C@H]6C[C@@H](C(=O)O)C6(C)C)C(C)(C)[C@@H]5CC[C@@]4(C)[C@]3(C)CC[C@@]2(CC(=O)NC2(c3ccc(Cl)cc3)COC2)CC1=O. The quantitative estimate of drug-likeness (QED) is 0.251. The van der Waals surface area contributed by atoms with Crippen molar-refractivity contribution >= 4 is 35.2 Å². The molecule has 7 aliphatic rings. The van der Waals surface area contributed by atoms with Crippen molar-refractivity contribution in [3.05, 3.63) is 46.0 Å². The van der Waals surface area contributed by atoms with Crippen LogP contribution in [0.25, 0.3) is 0 Å². The molecule has 1 aliphatic heterocycles. The Morgan fingerprint density at radius 2 is 1.54 bits per heavy atom. The number of rotatable bonds is 8. The van der Waals surface area contributed by atoms with Gasteiger partial charge in [0.25, 0.3) is 0 Å². The number of carboxylic acid groups (broad SMARTS) is 1. The molecular weight excluding hydrogens is 738 g/mol. The molecule has 2 N–H and O–H groups in total. The zero-order valence-electron chi connectivity index (χ0n) is 35.8. The zero-order valence-corrected chi connectivity index (χ0v) is 36.6. The Kier molecular flexibility index (Phi) is 9.65. The maximum atomic E-state index is 14.3. The first-order chi connectivity index (χ1) is 26.6. The zero-order chi connectivity index (χ0) is 41.3. The Bertz CT molecular complexity index is 1890. The highest BCUT2D eigenvalue weighted by Crippen LogP contribution is 2.77. The van der Waals surface area contributed by atoms with Crippen LogP contribution >= 0.6 is 11.6 Å². The van der Waals surface area contributed by atoms with Gasteiger partial charge >= 0.3 is 11.9 Å². The van der Waals surface area contributed by atoms with Crippen molar-refractivity contribution in [1.29, 1.82) is 0 Å². The number of carbonyl (C=O) groups excluding carboxylic acids is 3. The van der Waals surface area contributed by atoms with Crippen LogP contribution in [0.5, 0.6) is 0 Å². The molecule has 1 amide bonds. The molecule has 1 aromatic carbocycles. The number of benzene rings is 1. The molecule has 8 nitrogen and oxygen atoms in total. The van der Waals surface area contributed by atoms with Gasteiger partial charge in [0.1, 0.15) is 11.6 Å². The van der Waals surface area contributed by atoms with Gasteiger partial charge < -0.3 is 19.9 Å². The van der Waals surface area contributed by atoms with Gasteiger partial charge in [0.2, 0.25) is 5.91 Å². The number of carbonyl (C=O) groups is 4. The smallest absolute Gasteiger partial charge is 0.309 e. The summed E-state index contributed by atoms with van der Waals surface area (Å²) in [5.41, 5.74) is 1.48. The summed E-state index contributed by atoms with van der Waals surface area (Å²) in [6.45, 7) is 21.2. The fourth-order valence-electron chi connectivity index (χ4n) is 15.1. The Morgan fingerprint density at radius 3 is 2.14 bits per heavy atom. The number of ketones is 1. The first kappa shape index (κ1) is 41.0. The van der Waals surface area contributed by atoms with E-state index < -0.39 is 28.3 Å². The number of ether oxygens (including phenoxy) is 2. The lowest BCUT2D eigenvalue weighted by atomic mass is 9.33. The molecule has 1 saturated heterocycles. The molecule has 6 aliphatic carbocycles. The van der Waals surface area contributed by atoms with E-state index in [-0.39, 0.29) is 63.2 Å². The Labute approximate surface area is 345 Å². The summed E-state index contributed by atoms with van der Waals surface area (Å²) in [5.74, 6) is -0.543. The Balaban J connectivity index is 1.04. The van der Waals surface area contributed by atoms with Crippen molar-refractivity contribution in [3.8, 4) is 0 Å². The minimum atomic E-state index is -0.834. The first-order valence-corrected chi connectivity index (χ1v) is 22.3. The summed E-state index contributed by atoms with van der Waals surface area (Å²) in [5, 5.41) is 13.7. The summed E-state index contributed by atoms with van der Waals surface area (Å²) >= 11 is 6.21. The highest BCUT2D eigenvalue weighted by Gasteiger charge is 2.70. The predicted octanol–water partition coefficient (Wildman–Crippen LogP) is 9.71. The monoisotopic (exact) mass is 803 g/mol. The minimum Gasteiger partial charge on any atom is -0.481 e. The third-order valence-electron chi connectivity index (χ3n) is 18.6. The van der Waals surface area contributed by atoms with Gasteiger partial charge in [-0.25, -0.2) is 0 Å². The van der Waals surface area contributed by atoms with Crippen LogP contribution < -0.4 is 5.32 Å². The molecule has 1 heterocycles. The third-order valence-corrected chi connectivity index (χ3v) is 18.8. The van der Waals surface area contributed by atoms with Crippen LogP contribution in [0.4, 0.5) is 0 Å². The van der Waals surface area contributed by atoms with Gasteiger partial charge in [-0.3, -0.25) is 19.2 Å². The van der Waals surface area contributed by atoms with E-state index in [1.807, 2.05) is 38.1 Å². The fourth-order valence-corrected chi connectivity index (χ4v) is 15.2. The number of amides is 1. The number of halogens is 1. The van der Waals surface area contributed by atoms with E-state index in [0.29, 0.717) is 49.3 Å². The topological polar surface area (TPSA) is 119 Å². The number of fused-ring (bicyclic) bond motifs is 7. The minimum absolute atomic E-state index is 0.0117. The average Bonchev–Trinajstić information content (AvgIpc) is 3.39. The van der Waals surface area contributed by atoms with E-state index in [0.717, 1.165) is 62.5 Å². The van der Waals surface area contributed by atoms with Gasteiger partial charge in [0.15, 0.2) is 5.78 Å². The highest BCUT2D eigenvalue weighted by atomic mass is 35.5. The Hall–Kier alpha value is -2.71. The number of aliphatic carboxylic acids is 1. The summed E-state index contributed by atoms with van der Waals surface area (Å²) in [7, 11) is 0. The molecule has 8 rings (SSSR count). The largest absolute Gasteiger partial charge is 0.481 e. The molecule has 10 atom stereocenters. The summed E-state index contributed by atoms with van der Waals surface area (Å²) in [6.07, 6.45) is 8.75. The van der Waals surface area contributed by atoms with Gasteiger partial charge in [0.05, 0.1) is 25.0 Å². The maximum Gasteiger partial charge on any atom is 0.309 e. The van der Waals surface area contributed by atoms with Gasteiger partial charge in [-0.05, 0) is 126 Å². The van der Waals surface area contributed by atoms with Crippen LogP contribution in [0, 0.1) is 68.0 Å². The van der Waals surface area contributed by atoms with Crippen LogP contribution in [-0.2, 0) is 34.2 Å². The van der Waals surface area contributed by atoms with E-state index in [1.54, 1.807) is 0 Å². The molecule has 6 fully saturated rings. The van der Waals surface area contributed by atoms with Crippen molar-refractivity contribution in [2.24, 2.45) is 68.0 Å². The van der Waals surface area contributed by atoms with E-state index in [9.17, 15) is 24.3 Å². The number of allylic oxidation sites excluding steroid dienone is 2. The van der Waals surface area contributed by atoms with Crippen molar-refractivity contribution in [3.63, 3.8) is 0 Å². The van der Waals surface area contributed by atoms with Crippen LogP contribution in [-0.4, -0.2) is 48.1 Å². The van der Waals surface area contributed by atoms with Gasteiger partial charge in [-0.15, -0.1) is 0 Å². The van der Waals surface area contributed by atoms with Crippen molar-refractivity contribution in [2.45, 2.75) is 145 Å². The molecule has 312 valence electrons. The molecule has 1 aromatic rings. The molecule has 0 aromatic heterocycles. The van der Waals surface area contributed by atoms with Crippen molar-refractivity contribution in [1.82, 2.24) is 5.32 Å². The second-order valence-corrected chi connectivity index (χ2v) is 22.5. The lowest BCUT2D eigenvalue weighted by Crippen LogP contribution is -2.66. The molecule has 9 heteroatoms. The lowest BCUT2D eigenvalue weighted by Gasteiger charge is -2.72. The molecular formula is C48H66ClNO7. The van der Waals surface area contributed by atoms with Crippen LogP contribution in [0.1, 0.15) is 139 Å². The van der Waals surface area contributed by atoms with Gasteiger partial charge in [-0.2, -0.15) is 0 Å². The molecule has 0 bridgehead atoms. The van der Waals surface area contributed by atoms with E-state index in [4.69, 9.17) is 21.1 Å². The van der Waals surface area contributed by atoms with Crippen LogP contribution in [0.3, 0.4) is 0 Å². The summed E-state index contributed by atoms with van der Waals surface area (Å²) < 4.78 is 12.1. The number of Topliss-reactive ketones (excluding diaryl/α,β-unsaturated/α-hetero) is 1. The number of carboxylic acids is 1. The van der Waals surface area contributed by atoms with Crippen molar-refractivity contribution in [2.75, 3.05) is 13.2 Å². The van der Waals surface area contributed by atoms with E-state index in [2.05, 4.69) is 53.8 Å². The predicted molar refractivity (Wildman–Crippen MR) is 219 cm³/mol. The fraction of sp³-hybridized carbons (Fsp3) is 0.750. The normalized spacial score (nSPS) is 41.1. The lowest BCUT2D eigenvalue weighted by molar-refractivity contribution is -0.236. The second kappa shape index (κ2) is 13.4. The number of esters is 1. The summed E-state index contributed by atoms with van der Waals surface area (Å²) in [6, 6.07) is 7.66.